The molecule has 0 radical (unpaired) electrons. The second kappa shape index (κ2) is 6.08. The number of methoxy groups -OCH3 is 3. The number of H-pyrrole nitrogens is 1. The second-order valence-corrected chi connectivity index (χ2v) is 5.77. The van der Waals surface area contributed by atoms with Crippen molar-refractivity contribution in [1.82, 2.24) is 15.0 Å². The van der Waals surface area contributed by atoms with E-state index in [9.17, 15) is 0 Å². The zero-order valence-corrected chi connectivity index (χ0v) is 14.8. The van der Waals surface area contributed by atoms with Crippen molar-refractivity contribution >= 4 is 27.1 Å². The summed E-state index contributed by atoms with van der Waals surface area (Å²) in [4.78, 5) is 12.3. The van der Waals surface area contributed by atoms with Crippen LogP contribution in [0, 0.1) is 6.92 Å². The molecule has 0 saturated carbocycles. The first-order valence-electron chi connectivity index (χ1n) is 6.90. The largest absolute Gasteiger partial charge is 0.496 e. The molecule has 23 heavy (non-hydrogen) atoms. The Balaban J connectivity index is 2.21. The van der Waals surface area contributed by atoms with Crippen LogP contribution in [-0.2, 0) is 0 Å². The third kappa shape index (κ3) is 2.72. The molecule has 0 aliphatic rings. The van der Waals surface area contributed by atoms with E-state index in [1.807, 2.05) is 19.1 Å². The topological polar surface area (TPSA) is 69.3 Å². The van der Waals surface area contributed by atoms with Crippen molar-refractivity contribution in [3.8, 4) is 28.6 Å². The summed E-state index contributed by atoms with van der Waals surface area (Å²) >= 11 is 3.48. The van der Waals surface area contributed by atoms with Gasteiger partial charge in [-0.15, -0.1) is 0 Å². The maximum Gasteiger partial charge on any atom is 0.178 e. The molecule has 1 N–H and O–H groups in total. The Morgan fingerprint density at radius 1 is 0.913 bits per heavy atom. The number of imidazole rings is 1. The van der Waals surface area contributed by atoms with Gasteiger partial charge in [-0.05, 0) is 35.0 Å². The summed E-state index contributed by atoms with van der Waals surface area (Å²) in [7, 11) is 4.78. The maximum atomic E-state index is 5.46. The molecule has 1 aromatic carbocycles. The quantitative estimate of drug-likeness (QED) is 0.750. The van der Waals surface area contributed by atoms with Crippen molar-refractivity contribution in [2.24, 2.45) is 0 Å². The smallest absolute Gasteiger partial charge is 0.178 e. The average molecular weight is 378 g/mol. The highest BCUT2D eigenvalue weighted by atomic mass is 79.9. The molecule has 0 amide bonds. The molecule has 7 heteroatoms. The number of rotatable bonds is 4. The van der Waals surface area contributed by atoms with Crippen LogP contribution < -0.4 is 14.2 Å². The highest BCUT2D eigenvalue weighted by molar-refractivity contribution is 9.10. The van der Waals surface area contributed by atoms with Crippen LogP contribution in [0.25, 0.3) is 22.6 Å². The lowest BCUT2D eigenvalue weighted by Crippen LogP contribution is -1.95. The van der Waals surface area contributed by atoms with E-state index in [0.717, 1.165) is 21.2 Å². The Morgan fingerprint density at radius 3 is 2.22 bits per heavy atom. The first-order valence-corrected chi connectivity index (χ1v) is 7.70. The van der Waals surface area contributed by atoms with Gasteiger partial charge < -0.3 is 19.2 Å². The minimum Gasteiger partial charge on any atom is -0.496 e. The van der Waals surface area contributed by atoms with Gasteiger partial charge in [0.05, 0.1) is 38.1 Å². The zero-order valence-electron chi connectivity index (χ0n) is 13.2. The van der Waals surface area contributed by atoms with E-state index >= 15 is 0 Å². The number of aromatic amines is 1. The molecule has 0 spiro atoms. The van der Waals surface area contributed by atoms with Gasteiger partial charge in [0.2, 0.25) is 0 Å². The number of pyridine rings is 1. The van der Waals surface area contributed by atoms with Crippen LogP contribution in [0.2, 0.25) is 0 Å². The van der Waals surface area contributed by atoms with Crippen molar-refractivity contribution in [2.75, 3.05) is 21.3 Å². The van der Waals surface area contributed by atoms with Crippen molar-refractivity contribution in [3.05, 3.63) is 28.4 Å². The third-order valence-electron chi connectivity index (χ3n) is 3.56. The van der Waals surface area contributed by atoms with E-state index < -0.39 is 0 Å². The summed E-state index contributed by atoms with van der Waals surface area (Å²) in [6.45, 7) is 1.93. The summed E-state index contributed by atoms with van der Waals surface area (Å²) in [6.07, 6.45) is 0. The molecule has 0 fully saturated rings. The summed E-state index contributed by atoms with van der Waals surface area (Å²) in [5, 5.41) is 0. The number of benzene rings is 1. The lowest BCUT2D eigenvalue weighted by atomic mass is 10.1. The Kier molecular flexibility index (Phi) is 4.12. The molecule has 6 nitrogen and oxygen atoms in total. The van der Waals surface area contributed by atoms with E-state index in [4.69, 9.17) is 14.2 Å². The third-order valence-corrected chi connectivity index (χ3v) is 4.37. The Labute approximate surface area is 141 Å². The fraction of sp³-hybridized carbons (Fsp3) is 0.250. The number of hydrogen-bond donors (Lipinski definition) is 1. The standard InChI is InChI=1S/C16H16BrN3O3/c1-8-10(17)6-11-16(18-8)20-15(19-11)9-5-13(22-3)14(23-4)7-12(9)21-2/h5-7H,1-4H3,(H,18,19,20). The molecule has 3 rings (SSSR count). The SMILES string of the molecule is COc1cc(OC)c(-c2nc3nc(C)c(Br)cc3[nH]2)cc1OC. The van der Waals surface area contributed by atoms with Crippen LogP contribution in [0.5, 0.6) is 17.2 Å². The van der Waals surface area contributed by atoms with Crippen LogP contribution >= 0.6 is 15.9 Å². The van der Waals surface area contributed by atoms with Gasteiger partial charge in [0.25, 0.3) is 0 Å². The number of aromatic nitrogens is 3. The molecule has 2 heterocycles. The molecule has 0 unspecified atom stereocenters. The van der Waals surface area contributed by atoms with Crippen LogP contribution in [0.3, 0.4) is 0 Å². The van der Waals surface area contributed by atoms with Crippen LogP contribution in [0.15, 0.2) is 22.7 Å². The number of fused-ring (bicyclic) bond motifs is 1. The van der Waals surface area contributed by atoms with Crippen LogP contribution in [-0.4, -0.2) is 36.3 Å². The van der Waals surface area contributed by atoms with Gasteiger partial charge in [0.1, 0.15) is 11.6 Å². The molecule has 0 saturated heterocycles. The molecule has 3 aromatic rings. The molecule has 0 atom stereocenters. The number of nitrogens with one attached hydrogen (secondary N) is 1. The van der Waals surface area contributed by atoms with E-state index in [1.54, 1.807) is 27.4 Å². The van der Waals surface area contributed by atoms with Crippen molar-refractivity contribution < 1.29 is 14.2 Å². The van der Waals surface area contributed by atoms with Crippen LogP contribution in [0.4, 0.5) is 0 Å². The highest BCUT2D eigenvalue weighted by Gasteiger charge is 2.17. The molecule has 0 aliphatic heterocycles. The lowest BCUT2D eigenvalue weighted by molar-refractivity contribution is 0.349. The molecule has 0 bridgehead atoms. The minimum absolute atomic E-state index is 0.598. The number of ether oxygens (including phenoxy) is 3. The summed E-state index contributed by atoms with van der Waals surface area (Å²) in [5.74, 6) is 2.50. The van der Waals surface area contributed by atoms with Crippen LogP contribution in [0.1, 0.15) is 5.69 Å². The minimum atomic E-state index is 0.598. The first kappa shape index (κ1) is 15.6. The van der Waals surface area contributed by atoms with Gasteiger partial charge in [-0.2, -0.15) is 0 Å². The second-order valence-electron chi connectivity index (χ2n) is 4.92. The van der Waals surface area contributed by atoms with E-state index in [1.165, 1.54) is 0 Å². The van der Waals surface area contributed by atoms with E-state index in [2.05, 4.69) is 30.9 Å². The predicted molar refractivity (Wildman–Crippen MR) is 91.4 cm³/mol. The fourth-order valence-electron chi connectivity index (χ4n) is 2.35. The van der Waals surface area contributed by atoms with Crippen molar-refractivity contribution in [1.29, 1.82) is 0 Å². The molecule has 0 aliphatic carbocycles. The van der Waals surface area contributed by atoms with Gasteiger partial charge in [0.15, 0.2) is 17.1 Å². The summed E-state index contributed by atoms with van der Waals surface area (Å²) < 4.78 is 17.1. The van der Waals surface area contributed by atoms with Crippen molar-refractivity contribution in [3.63, 3.8) is 0 Å². The molecular formula is C16H16BrN3O3. The monoisotopic (exact) mass is 377 g/mol. The molecule has 120 valence electrons. The van der Waals surface area contributed by atoms with Gasteiger partial charge in [-0.1, -0.05) is 0 Å². The van der Waals surface area contributed by atoms with E-state index in [-0.39, 0.29) is 0 Å². The maximum absolute atomic E-state index is 5.46. The first-order chi connectivity index (χ1) is 11.1. The highest BCUT2D eigenvalue weighted by Crippen LogP contribution is 2.39. The van der Waals surface area contributed by atoms with Gasteiger partial charge >= 0.3 is 0 Å². The Hall–Kier alpha value is -2.28. The van der Waals surface area contributed by atoms with E-state index in [0.29, 0.717) is 28.7 Å². The number of halogens is 1. The Morgan fingerprint density at radius 2 is 1.57 bits per heavy atom. The van der Waals surface area contributed by atoms with Gasteiger partial charge in [-0.25, -0.2) is 9.97 Å². The number of hydrogen-bond acceptors (Lipinski definition) is 5. The Bertz CT molecular complexity index is 838. The summed E-state index contributed by atoms with van der Waals surface area (Å²) in [6, 6.07) is 5.56. The van der Waals surface area contributed by atoms with Gasteiger partial charge in [0, 0.05) is 10.5 Å². The van der Waals surface area contributed by atoms with Crippen molar-refractivity contribution in [2.45, 2.75) is 6.92 Å². The lowest BCUT2D eigenvalue weighted by Gasteiger charge is -2.12. The summed E-state index contributed by atoms with van der Waals surface area (Å²) in [5.41, 5.74) is 3.15. The number of nitrogens with zero attached hydrogens (tertiary/aromatic N) is 2. The fourth-order valence-corrected chi connectivity index (χ4v) is 2.67. The predicted octanol–water partition coefficient (Wildman–Crippen LogP) is 3.72. The van der Waals surface area contributed by atoms with Gasteiger partial charge in [-0.3, -0.25) is 0 Å². The average Bonchev–Trinajstić information content (AvgIpc) is 2.96. The molecule has 2 aromatic heterocycles. The zero-order chi connectivity index (χ0) is 16.6. The molecular weight excluding hydrogens is 362 g/mol. The normalized spacial score (nSPS) is 10.8. The number of aryl methyl sites for hydroxylation is 1.